The number of nitrogens with zero attached hydrogens (tertiary/aromatic N) is 3. The van der Waals surface area contributed by atoms with Crippen molar-refractivity contribution in [2.75, 3.05) is 0 Å². The van der Waals surface area contributed by atoms with Crippen molar-refractivity contribution in [1.29, 1.82) is 0 Å². The van der Waals surface area contributed by atoms with E-state index in [4.69, 9.17) is 5.11 Å². The molecule has 0 aliphatic carbocycles. The summed E-state index contributed by atoms with van der Waals surface area (Å²) in [7, 11) is 0. The molecule has 0 bridgehead atoms. The molecule has 2 heterocycles. The average molecular weight is 181 g/mol. The predicted molar refractivity (Wildman–Crippen MR) is 39.9 cm³/mol. The Balaban J connectivity index is 2.75. The molecule has 0 amide bonds. The van der Waals surface area contributed by atoms with Crippen molar-refractivity contribution >= 4 is 11.7 Å². The Bertz CT molecular complexity index is 480. The molecule has 2 aromatic rings. The Morgan fingerprint density at radius 1 is 1.62 bits per heavy atom. The van der Waals surface area contributed by atoms with Crippen LogP contribution >= 0.6 is 0 Å². The lowest BCUT2D eigenvalue weighted by atomic mass is 10.5. The standard InChI is InChI=1S/C7H4FN3O2/c8-5-1-2-9-7-10-4(6(12)13)3-11(5)7/h1-3H,(H,12,13). The monoisotopic (exact) mass is 181 g/mol. The highest BCUT2D eigenvalue weighted by atomic mass is 19.1. The number of fused-ring (bicyclic) bond motifs is 1. The van der Waals surface area contributed by atoms with Crippen molar-refractivity contribution in [1.82, 2.24) is 14.4 Å². The zero-order valence-corrected chi connectivity index (χ0v) is 6.31. The zero-order chi connectivity index (χ0) is 9.42. The second kappa shape index (κ2) is 2.51. The number of hydrogen-bond donors (Lipinski definition) is 1. The first kappa shape index (κ1) is 7.66. The van der Waals surface area contributed by atoms with Crippen LogP contribution in [0.2, 0.25) is 0 Å². The van der Waals surface area contributed by atoms with Gasteiger partial charge in [0.05, 0.1) is 0 Å². The van der Waals surface area contributed by atoms with Crippen molar-refractivity contribution in [2.24, 2.45) is 0 Å². The molecule has 6 heteroatoms. The largest absolute Gasteiger partial charge is 0.476 e. The number of carboxylic acid groups (broad SMARTS) is 1. The van der Waals surface area contributed by atoms with Crippen LogP contribution in [0.4, 0.5) is 4.39 Å². The molecule has 0 aromatic carbocycles. The van der Waals surface area contributed by atoms with Crippen molar-refractivity contribution in [3.8, 4) is 0 Å². The molecule has 0 fully saturated rings. The summed E-state index contributed by atoms with van der Waals surface area (Å²) in [6, 6.07) is 1.13. The summed E-state index contributed by atoms with van der Waals surface area (Å²) in [4.78, 5) is 17.7. The highest BCUT2D eigenvalue weighted by molar-refractivity contribution is 5.85. The Morgan fingerprint density at radius 2 is 2.38 bits per heavy atom. The van der Waals surface area contributed by atoms with Crippen LogP contribution < -0.4 is 0 Å². The third-order valence-electron chi connectivity index (χ3n) is 1.54. The van der Waals surface area contributed by atoms with E-state index in [1.54, 1.807) is 0 Å². The third-order valence-corrected chi connectivity index (χ3v) is 1.54. The molecule has 1 N–H and O–H groups in total. The Morgan fingerprint density at radius 3 is 3.00 bits per heavy atom. The molecule has 0 radical (unpaired) electrons. The molecule has 2 rings (SSSR count). The van der Waals surface area contributed by atoms with Crippen LogP contribution in [0.3, 0.4) is 0 Å². The van der Waals surface area contributed by atoms with Crippen LogP contribution in [0.5, 0.6) is 0 Å². The smallest absolute Gasteiger partial charge is 0.356 e. The summed E-state index contributed by atoms with van der Waals surface area (Å²) < 4.78 is 13.9. The van der Waals surface area contributed by atoms with Crippen molar-refractivity contribution in [3.63, 3.8) is 0 Å². The van der Waals surface area contributed by atoms with Gasteiger partial charge in [0.25, 0.3) is 0 Å². The summed E-state index contributed by atoms with van der Waals surface area (Å²) in [6.07, 6.45) is 2.31. The molecule has 0 unspecified atom stereocenters. The second-order valence-electron chi connectivity index (χ2n) is 2.37. The fourth-order valence-electron chi connectivity index (χ4n) is 0.968. The van der Waals surface area contributed by atoms with E-state index in [0.29, 0.717) is 0 Å². The number of carboxylic acids is 1. The molecule has 66 valence electrons. The van der Waals surface area contributed by atoms with E-state index in [1.165, 1.54) is 6.20 Å². The van der Waals surface area contributed by atoms with Gasteiger partial charge in [-0.1, -0.05) is 0 Å². The lowest BCUT2D eigenvalue weighted by Crippen LogP contribution is -1.95. The van der Waals surface area contributed by atoms with Gasteiger partial charge in [0.15, 0.2) is 5.69 Å². The molecule has 0 spiro atoms. The summed E-state index contributed by atoms with van der Waals surface area (Å²) in [6.45, 7) is 0. The minimum Gasteiger partial charge on any atom is -0.476 e. The highest BCUT2D eigenvalue weighted by Gasteiger charge is 2.10. The van der Waals surface area contributed by atoms with Gasteiger partial charge in [-0.15, -0.1) is 0 Å². The molecule has 5 nitrogen and oxygen atoms in total. The predicted octanol–water partition coefficient (Wildman–Crippen LogP) is 0.567. The minimum absolute atomic E-state index is 0.0393. The number of aromatic nitrogens is 3. The second-order valence-corrected chi connectivity index (χ2v) is 2.37. The van der Waals surface area contributed by atoms with Crippen molar-refractivity contribution in [3.05, 3.63) is 30.1 Å². The minimum atomic E-state index is -1.20. The number of carbonyl (C=O) groups is 1. The molecule has 0 saturated carbocycles. The number of halogens is 1. The first-order chi connectivity index (χ1) is 6.18. The average Bonchev–Trinajstić information content (AvgIpc) is 2.49. The first-order valence-corrected chi connectivity index (χ1v) is 3.41. The van der Waals surface area contributed by atoms with E-state index < -0.39 is 11.9 Å². The zero-order valence-electron chi connectivity index (χ0n) is 6.31. The van der Waals surface area contributed by atoms with E-state index in [2.05, 4.69) is 9.97 Å². The summed E-state index contributed by atoms with van der Waals surface area (Å²) in [5.74, 6) is -1.76. The molecular formula is C7H4FN3O2. The lowest BCUT2D eigenvalue weighted by Gasteiger charge is -1.90. The molecular weight excluding hydrogens is 177 g/mol. The molecule has 13 heavy (non-hydrogen) atoms. The normalized spacial score (nSPS) is 10.5. The van der Waals surface area contributed by atoms with Gasteiger partial charge >= 0.3 is 5.97 Å². The molecule has 0 atom stereocenters. The van der Waals surface area contributed by atoms with Gasteiger partial charge in [-0.3, -0.25) is 4.40 Å². The topological polar surface area (TPSA) is 67.5 Å². The van der Waals surface area contributed by atoms with Crippen molar-refractivity contribution in [2.45, 2.75) is 0 Å². The molecule has 0 aliphatic heterocycles. The van der Waals surface area contributed by atoms with Gasteiger partial charge < -0.3 is 5.11 Å². The quantitative estimate of drug-likeness (QED) is 0.653. The molecule has 2 aromatic heterocycles. The van der Waals surface area contributed by atoms with Crippen LogP contribution in [0.15, 0.2) is 18.5 Å². The number of aromatic carboxylic acids is 1. The Hall–Kier alpha value is -1.98. The van der Waals surface area contributed by atoms with Gasteiger partial charge in [0.1, 0.15) is 0 Å². The molecule has 0 aliphatic rings. The van der Waals surface area contributed by atoms with Crippen molar-refractivity contribution < 1.29 is 14.3 Å². The van der Waals surface area contributed by atoms with E-state index in [0.717, 1.165) is 16.7 Å². The maximum absolute atomic E-state index is 13.0. The fraction of sp³-hybridized carbons (Fsp3) is 0. The number of hydrogen-bond acceptors (Lipinski definition) is 3. The third kappa shape index (κ3) is 1.12. The van der Waals surface area contributed by atoms with Gasteiger partial charge in [-0.25, -0.2) is 14.8 Å². The van der Waals surface area contributed by atoms with Gasteiger partial charge in [-0.05, 0) is 0 Å². The molecule has 0 saturated heterocycles. The Kier molecular flexibility index (Phi) is 1.48. The van der Waals surface area contributed by atoms with Crippen LogP contribution in [0.25, 0.3) is 5.78 Å². The van der Waals surface area contributed by atoms with Gasteiger partial charge in [0.2, 0.25) is 11.7 Å². The summed E-state index contributed by atoms with van der Waals surface area (Å²) in [5, 5.41) is 8.55. The van der Waals surface area contributed by atoms with Crippen LogP contribution in [-0.4, -0.2) is 25.4 Å². The summed E-state index contributed by atoms with van der Waals surface area (Å²) in [5.41, 5.74) is -0.224. The SMILES string of the molecule is O=C(O)c1cn2c(F)ccnc2n1. The lowest BCUT2D eigenvalue weighted by molar-refractivity contribution is 0.0691. The maximum Gasteiger partial charge on any atom is 0.356 e. The van der Waals surface area contributed by atoms with Gasteiger partial charge in [-0.2, -0.15) is 4.39 Å². The van der Waals surface area contributed by atoms with E-state index in [9.17, 15) is 9.18 Å². The van der Waals surface area contributed by atoms with Gasteiger partial charge in [0, 0.05) is 18.5 Å². The fourth-order valence-corrected chi connectivity index (χ4v) is 0.968. The summed E-state index contributed by atoms with van der Waals surface area (Å²) >= 11 is 0. The highest BCUT2D eigenvalue weighted by Crippen LogP contribution is 2.04. The van der Waals surface area contributed by atoms with E-state index in [1.807, 2.05) is 0 Å². The van der Waals surface area contributed by atoms with Crippen LogP contribution in [0, 0.1) is 5.95 Å². The van der Waals surface area contributed by atoms with E-state index >= 15 is 0 Å². The first-order valence-electron chi connectivity index (χ1n) is 3.41. The van der Waals surface area contributed by atoms with Crippen LogP contribution in [-0.2, 0) is 0 Å². The van der Waals surface area contributed by atoms with E-state index in [-0.39, 0.29) is 11.5 Å². The number of rotatable bonds is 1. The maximum atomic E-state index is 13.0. The van der Waals surface area contributed by atoms with Crippen LogP contribution in [0.1, 0.15) is 10.5 Å². The number of imidazole rings is 1. The Labute approximate surface area is 71.5 Å².